The molecule has 294 valence electrons. The first-order valence-corrected chi connectivity index (χ1v) is 17.6. The minimum absolute atomic E-state index is 0.0956. The maximum Gasteiger partial charge on any atom is 0.323 e. The lowest BCUT2D eigenvalue weighted by molar-refractivity contribution is -0.138. The normalized spacial score (nSPS) is 11.0. The topological polar surface area (TPSA) is 194 Å². The summed E-state index contributed by atoms with van der Waals surface area (Å²) in [6.07, 6.45) is 0. The molecule has 0 saturated heterocycles. The van der Waals surface area contributed by atoms with E-state index in [-0.39, 0.29) is 36.1 Å². The number of hydrogen-bond acceptors (Lipinski definition) is 10. The van der Waals surface area contributed by atoms with E-state index in [1.54, 1.807) is 37.3 Å². The van der Waals surface area contributed by atoms with Crippen LogP contribution in [0.4, 0.5) is 17.1 Å². The Bertz CT molecular complexity index is 2310. The Morgan fingerprint density at radius 2 is 1.23 bits per heavy atom. The molecule has 0 saturated carbocycles. The van der Waals surface area contributed by atoms with Gasteiger partial charge in [-0.05, 0) is 73.0 Å². The minimum Gasteiger partial charge on any atom is -0.488 e. The summed E-state index contributed by atoms with van der Waals surface area (Å²) in [6, 6.07) is 20.2. The molecule has 0 fully saturated rings. The summed E-state index contributed by atoms with van der Waals surface area (Å²) in [6.45, 7) is 1.05. The Morgan fingerprint density at radius 1 is 0.661 bits per heavy atom. The van der Waals surface area contributed by atoms with Gasteiger partial charge in [0.15, 0.2) is 0 Å². The van der Waals surface area contributed by atoms with Gasteiger partial charge in [-0.15, -0.1) is 0 Å². The highest BCUT2D eigenvalue weighted by Gasteiger charge is 2.25. The lowest BCUT2D eigenvalue weighted by Gasteiger charge is -2.26. The van der Waals surface area contributed by atoms with Crippen LogP contribution in [0.25, 0.3) is 33.4 Å². The monoisotopic (exact) mass is 769 g/mol. The van der Waals surface area contributed by atoms with Crippen molar-refractivity contribution in [3.8, 4) is 33.9 Å². The fourth-order valence-electron chi connectivity index (χ4n) is 6.43. The smallest absolute Gasteiger partial charge is 0.323 e. The molecule has 0 aromatic heterocycles. The summed E-state index contributed by atoms with van der Waals surface area (Å²) < 4.78 is 20.8. The number of carboxylic acid groups (broad SMARTS) is 4. The summed E-state index contributed by atoms with van der Waals surface area (Å²) in [7, 11) is 7.74. The van der Waals surface area contributed by atoms with Gasteiger partial charge in [0.2, 0.25) is 5.36 Å². The van der Waals surface area contributed by atoms with E-state index in [1.165, 1.54) is 9.80 Å². The molecule has 0 amide bonds. The molecule has 0 unspecified atom stereocenters. The first-order chi connectivity index (χ1) is 26.5. The number of aryl methyl sites for hydroxylation is 2. The molecule has 2 aliphatic rings. The largest absolute Gasteiger partial charge is 0.488 e. The number of aliphatic carboxylic acids is 4. The van der Waals surface area contributed by atoms with Crippen LogP contribution in [0.2, 0.25) is 0 Å². The molecular weight excluding hydrogens is 724 g/mol. The average molecular weight is 770 g/mol. The van der Waals surface area contributed by atoms with Crippen LogP contribution >= 0.6 is 0 Å². The molecule has 3 aromatic carbocycles. The Hall–Kier alpha value is -6.77. The molecule has 0 radical (unpaired) electrons. The maximum absolute atomic E-state index is 12.0. The van der Waals surface area contributed by atoms with Gasteiger partial charge in [0.25, 0.3) is 0 Å². The van der Waals surface area contributed by atoms with Gasteiger partial charge in [0.1, 0.15) is 76.3 Å². The van der Waals surface area contributed by atoms with Gasteiger partial charge in [-0.3, -0.25) is 19.2 Å². The molecule has 56 heavy (non-hydrogen) atoms. The molecule has 1 aliphatic heterocycles. The van der Waals surface area contributed by atoms with Crippen molar-refractivity contribution in [2.45, 2.75) is 13.8 Å². The van der Waals surface area contributed by atoms with Crippen LogP contribution in [0.3, 0.4) is 0 Å². The number of ether oxygens (including phenoxy) is 2. The summed E-state index contributed by atoms with van der Waals surface area (Å²) in [5.74, 6) is -3.87. The van der Waals surface area contributed by atoms with E-state index in [0.717, 1.165) is 38.7 Å². The van der Waals surface area contributed by atoms with Crippen molar-refractivity contribution in [1.29, 1.82) is 0 Å². The summed E-state index contributed by atoms with van der Waals surface area (Å²) >= 11 is 0. The summed E-state index contributed by atoms with van der Waals surface area (Å²) in [4.78, 5) is 51.4. The predicted octanol–water partition coefficient (Wildman–Crippen LogP) is 4.33. The Balaban J connectivity index is 1.62. The van der Waals surface area contributed by atoms with E-state index >= 15 is 0 Å². The molecule has 1 heterocycles. The van der Waals surface area contributed by atoms with E-state index in [0.29, 0.717) is 16.9 Å². The van der Waals surface area contributed by atoms with E-state index < -0.39 is 50.1 Å². The molecule has 4 N–H and O–H groups in total. The zero-order valence-electron chi connectivity index (χ0n) is 32.0. The molecule has 0 atom stereocenters. The number of anilines is 3. The van der Waals surface area contributed by atoms with Gasteiger partial charge in [0.05, 0.1) is 17.4 Å². The standard InChI is InChI=1S/C41H44N4O11/c1-24-7-12-31(44(20-37(46)47)21-38(48)49)35(15-24)54-13-14-55-36-19-30(25(2)16-32(36)45(22-39(50)51)23-40(52)53)41-28-10-8-26(42(3)4)17-33(28)56-34-18-27(43(5)6)9-11-29(34)41/h7-12,15-19H,13-14,20-23H2,1-6H3,(H3-,46,47,48,49,50,51,52,53)/p+1. The van der Waals surface area contributed by atoms with Crippen LogP contribution in [0.5, 0.6) is 11.5 Å². The third-order valence-corrected chi connectivity index (χ3v) is 9.00. The van der Waals surface area contributed by atoms with E-state index in [9.17, 15) is 39.6 Å². The molecule has 0 spiro atoms. The van der Waals surface area contributed by atoms with Gasteiger partial charge in [-0.1, -0.05) is 6.07 Å². The van der Waals surface area contributed by atoms with Crippen molar-refractivity contribution >= 4 is 51.9 Å². The van der Waals surface area contributed by atoms with E-state index in [4.69, 9.17) is 13.9 Å². The molecule has 0 bridgehead atoms. The Labute approximate surface area is 322 Å². The van der Waals surface area contributed by atoms with Crippen molar-refractivity contribution in [2.75, 3.05) is 82.3 Å². The molecule has 15 heteroatoms. The number of nitrogens with zero attached hydrogens (tertiary/aromatic N) is 4. The van der Waals surface area contributed by atoms with Crippen LogP contribution in [-0.4, -0.2) is 112 Å². The second kappa shape index (κ2) is 17.1. The van der Waals surface area contributed by atoms with Crippen molar-refractivity contribution in [3.05, 3.63) is 83.2 Å². The second-order valence-corrected chi connectivity index (χ2v) is 13.7. The third-order valence-electron chi connectivity index (χ3n) is 9.00. The van der Waals surface area contributed by atoms with Crippen LogP contribution in [0.15, 0.2) is 71.1 Å². The number of fused-ring (bicyclic) bond motifs is 2. The van der Waals surface area contributed by atoms with E-state index in [2.05, 4.69) is 0 Å². The zero-order chi connectivity index (χ0) is 40.8. The van der Waals surface area contributed by atoms with Crippen molar-refractivity contribution in [3.63, 3.8) is 0 Å². The van der Waals surface area contributed by atoms with Gasteiger partial charge >= 0.3 is 23.9 Å². The van der Waals surface area contributed by atoms with Crippen LogP contribution in [0.1, 0.15) is 11.1 Å². The highest BCUT2D eigenvalue weighted by atomic mass is 16.5. The molecule has 5 rings (SSSR count). The molecular formula is C41H45N4O11+. The second-order valence-electron chi connectivity index (χ2n) is 13.7. The zero-order valence-corrected chi connectivity index (χ0v) is 32.0. The quantitative estimate of drug-likeness (QED) is 0.0593. The van der Waals surface area contributed by atoms with Gasteiger partial charge in [-0.2, -0.15) is 0 Å². The summed E-state index contributed by atoms with van der Waals surface area (Å²) in [5, 5.41) is 40.2. The lowest BCUT2D eigenvalue weighted by Crippen LogP contribution is -2.35. The molecule has 1 aliphatic carbocycles. The number of hydrogen-bond donors (Lipinski definition) is 4. The van der Waals surface area contributed by atoms with Gasteiger partial charge < -0.3 is 49.0 Å². The fourth-order valence-corrected chi connectivity index (χ4v) is 6.43. The van der Waals surface area contributed by atoms with Crippen molar-refractivity contribution < 1.29 is 53.5 Å². The molecule has 15 nitrogen and oxygen atoms in total. The number of benzene rings is 4. The first-order valence-electron chi connectivity index (χ1n) is 17.6. The third kappa shape index (κ3) is 9.47. The highest BCUT2D eigenvalue weighted by Crippen LogP contribution is 2.45. The van der Waals surface area contributed by atoms with Gasteiger partial charge in [-0.25, -0.2) is 4.58 Å². The maximum atomic E-state index is 12.0. The first kappa shape index (κ1) is 40.4. The summed E-state index contributed by atoms with van der Waals surface area (Å²) in [5.41, 5.74) is 5.91. The predicted molar refractivity (Wildman–Crippen MR) is 212 cm³/mol. The van der Waals surface area contributed by atoms with E-state index in [1.807, 2.05) is 81.0 Å². The number of carboxylic acids is 4. The van der Waals surface area contributed by atoms with Crippen molar-refractivity contribution in [1.82, 2.24) is 4.58 Å². The minimum atomic E-state index is -1.24. The van der Waals surface area contributed by atoms with Crippen LogP contribution < -0.4 is 34.1 Å². The fraction of sp³-hybridized carbons (Fsp3) is 0.293. The van der Waals surface area contributed by atoms with Gasteiger partial charge in [0, 0.05) is 48.4 Å². The van der Waals surface area contributed by atoms with Crippen molar-refractivity contribution in [2.24, 2.45) is 0 Å². The number of carbonyl (C=O) groups is 4. The Kier molecular flexibility index (Phi) is 12.4. The van der Waals surface area contributed by atoms with Crippen LogP contribution in [-0.2, 0) is 19.2 Å². The lowest BCUT2D eigenvalue weighted by atomic mass is 9.90. The highest BCUT2D eigenvalue weighted by molar-refractivity contribution is 6.04. The average Bonchev–Trinajstić information content (AvgIpc) is 3.11. The SMILES string of the molecule is Cc1ccc(N(CC(=O)O)CC(=O)O)c(OCCOc2cc(-c3c4ccc(=[N+](C)C)cc-4oc4cc(N(C)C)ccc34)c(C)cc2N(CC(=O)O)CC(=O)O)c1. The molecule has 3 aromatic rings. The van der Waals surface area contributed by atoms with Crippen LogP contribution in [0, 0.1) is 13.8 Å². The number of rotatable bonds is 17. The Morgan fingerprint density at radius 3 is 1.79 bits per heavy atom.